The summed E-state index contributed by atoms with van der Waals surface area (Å²) in [5.74, 6) is 0.351. The number of aromatic nitrogens is 2. The first-order chi connectivity index (χ1) is 9.44. The van der Waals surface area contributed by atoms with E-state index in [2.05, 4.69) is 29.0 Å². The lowest BCUT2D eigenvalue weighted by molar-refractivity contribution is 0.390. The summed E-state index contributed by atoms with van der Waals surface area (Å²) in [5.41, 5.74) is 0. The molecule has 0 amide bonds. The van der Waals surface area contributed by atoms with Gasteiger partial charge in [0.15, 0.2) is 0 Å². The van der Waals surface area contributed by atoms with E-state index in [4.69, 9.17) is 0 Å². The van der Waals surface area contributed by atoms with Gasteiger partial charge in [0.05, 0.1) is 12.7 Å². The lowest BCUT2D eigenvalue weighted by Gasteiger charge is -2.21. The normalized spacial score (nSPS) is 13.8. The highest BCUT2D eigenvalue weighted by Gasteiger charge is 2.23. The second-order valence-electron chi connectivity index (χ2n) is 5.03. The maximum Gasteiger partial charge on any atom is 0.243 e. The summed E-state index contributed by atoms with van der Waals surface area (Å²) < 4.78 is 29.0. The molecule has 1 aromatic heterocycles. The fourth-order valence-corrected chi connectivity index (χ4v) is 3.50. The molecule has 116 valence electrons. The molecule has 1 heterocycles. The van der Waals surface area contributed by atoms with Crippen molar-refractivity contribution in [1.29, 1.82) is 0 Å². The van der Waals surface area contributed by atoms with Crippen LogP contribution in [0.4, 0.5) is 0 Å². The van der Waals surface area contributed by atoms with E-state index in [1.807, 2.05) is 14.0 Å². The highest BCUT2D eigenvalue weighted by molar-refractivity contribution is 7.89. The summed E-state index contributed by atoms with van der Waals surface area (Å²) in [6, 6.07) is -0.0735. The van der Waals surface area contributed by atoms with Crippen LogP contribution in [0, 0.1) is 5.92 Å². The third-order valence-electron chi connectivity index (χ3n) is 3.61. The van der Waals surface area contributed by atoms with Gasteiger partial charge in [0.1, 0.15) is 4.90 Å². The molecule has 0 bridgehead atoms. The number of likely N-dealkylation sites (N-methyl/N-ethyl adjacent to an activating group) is 1. The van der Waals surface area contributed by atoms with Crippen LogP contribution in [0.3, 0.4) is 0 Å². The molecular formula is C13H26N4O2S. The second-order valence-corrected chi connectivity index (χ2v) is 6.74. The molecule has 1 rings (SSSR count). The molecule has 0 fully saturated rings. The summed E-state index contributed by atoms with van der Waals surface area (Å²) in [6.45, 7) is 7.47. The van der Waals surface area contributed by atoms with Crippen molar-refractivity contribution in [2.75, 3.05) is 13.6 Å². The zero-order valence-electron chi connectivity index (χ0n) is 12.8. The third kappa shape index (κ3) is 4.57. The van der Waals surface area contributed by atoms with E-state index < -0.39 is 10.0 Å². The molecule has 0 spiro atoms. The highest BCUT2D eigenvalue weighted by atomic mass is 32.2. The van der Waals surface area contributed by atoms with Gasteiger partial charge < -0.3 is 5.32 Å². The molecule has 0 aliphatic rings. The standard InChI is InChI=1S/C13H26N4O2S/c1-5-12(6-2)11(3)16-20(18,19)13-9-15-17(10-13)8-7-14-4/h9-12,14,16H,5-8H2,1-4H3. The molecule has 0 aliphatic heterocycles. The number of rotatable bonds is 9. The van der Waals surface area contributed by atoms with E-state index >= 15 is 0 Å². The van der Waals surface area contributed by atoms with Crippen LogP contribution in [0.15, 0.2) is 17.3 Å². The highest BCUT2D eigenvalue weighted by Crippen LogP contribution is 2.16. The van der Waals surface area contributed by atoms with E-state index in [9.17, 15) is 8.42 Å². The van der Waals surface area contributed by atoms with Crippen molar-refractivity contribution in [2.45, 2.75) is 51.1 Å². The van der Waals surface area contributed by atoms with Gasteiger partial charge in [-0.1, -0.05) is 26.7 Å². The topological polar surface area (TPSA) is 76.0 Å². The Bertz CT molecular complexity index is 494. The minimum atomic E-state index is -3.48. The molecule has 6 nitrogen and oxygen atoms in total. The van der Waals surface area contributed by atoms with Crippen LogP contribution in [0.1, 0.15) is 33.6 Å². The fourth-order valence-electron chi connectivity index (χ4n) is 2.24. The van der Waals surface area contributed by atoms with Crippen LogP contribution in [0.2, 0.25) is 0 Å². The van der Waals surface area contributed by atoms with Crippen molar-refractivity contribution in [3.8, 4) is 0 Å². The van der Waals surface area contributed by atoms with Crippen LogP contribution in [-0.2, 0) is 16.6 Å². The van der Waals surface area contributed by atoms with E-state index in [1.165, 1.54) is 6.20 Å². The third-order valence-corrected chi connectivity index (χ3v) is 5.12. The number of hydrogen-bond donors (Lipinski definition) is 2. The molecule has 20 heavy (non-hydrogen) atoms. The molecule has 0 aromatic carbocycles. The van der Waals surface area contributed by atoms with Gasteiger partial charge in [0, 0.05) is 18.8 Å². The molecule has 2 N–H and O–H groups in total. The Labute approximate surface area is 122 Å². The number of nitrogens with one attached hydrogen (secondary N) is 2. The van der Waals surface area contributed by atoms with E-state index in [1.54, 1.807) is 10.9 Å². The Morgan fingerprint density at radius 1 is 1.35 bits per heavy atom. The van der Waals surface area contributed by atoms with Gasteiger partial charge >= 0.3 is 0 Å². The van der Waals surface area contributed by atoms with Crippen LogP contribution in [0.5, 0.6) is 0 Å². The van der Waals surface area contributed by atoms with Crippen LogP contribution >= 0.6 is 0 Å². The van der Waals surface area contributed by atoms with E-state index in [0.717, 1.165) is 19.4 Å². The van der Waals surface area contributed by atoms with Crippen LogP contribution < -0.4 is 10.0 Å². The van der Waals surface area contributed by atoms with Gasteiger partial charge in [-0.05, 0) is 19.9 Å². The monoisotopic (exact) mass is 302 g/mol. The Morgan fingerprint density at radius 3 is 2.55 bits per heavy atom. The summed E-state index contributed by atoms with van der Waals surface area (Å²) in [6.07, 6.45) is 4.89. The van der Waals surface area contributed by atoms with Crippen molar-refractivity contribution in [3.05, 3.63) is 12.4 Å². The molecule has 1 aromatic rings. The molecular weight excluding hydrogens is 276 g/mol. The van der Waals surface area contributed by atoms with Gasteiger partial charge in [-0.2, -0.15) is 5.10 Å². The quantitative estimate of drug-likeness (QED) is 0.719. The first-order valence-corrected chi connectivity index (χ1v) is 8.62. The largest absolute Gasteiger partial charge is 0.318 e. The molecule has 0 saturated heterocycles. The Balaban J connectivity index is 2.75. The Hall–Kier alpha value is -0.920. The minimum absolute atomic E-state index is 0.0735. The zero-order chi connectivity index (χ0) is 15.2. The first kappa shape index (κ1) is 17.1. The molecule has 0 saturated carbocycles. The molecule has 1 atom stereocenters. The van der Waals surface area contributed by atoms with Crippen molar-refractivity contribution >= 4 is 10.0 Å². The number of sulfonamides is 1. The van der Waals surface area contributed by atoms with E-state index in [0.29, 0.717) is 12.5 Å². The maximum atomic E-state index is 12.3. The second kappa shape index (κ2) is 7.75. The average Bonchev–Trinajstić information content (AvgIpc) is 2.86. The van der Waals surface area contributed by atoms with Crippen molar-refractivity contribution in [2.24, 2.45) is 5.92 Å². The summed E-state index contributed by atoms with van der Waals surface area (Å²) in [5, 5.41) is 7.07. The molecule has 7 heteroatoms. The Morgan fingerprint density at radius 2 is 2.00 bits per heavy atom. The van der Waals surface area contributed by atoms with Gasteiger partial charge in [-0.3, -0.25) is 4.68 Å². The van der Waals surface area contributed by atoms with Gasteiger partial charge in [-0.15, -0.1) is 0 Å². The van der Waals surface area contributed by atoms with E-state index in [-0.39, 0.29) is 10.9 Å². The van der Waals surface area contributed by atoms with Gasteiger partial charge in [0.25, 0.3) is 0 Å². The summed E-state index contributed by atoms with van der Waals surface area (Å²) in [7, 11) is -1.64. The fraction of sp³-hybridized carbons (Fsp3) is 0.769. The molecule has 1 unspecified atom stereocenters. The van der Waals surface area contributed by atoms with Crippen molar-refractivity contribution < 1.29 is 8.42 Å². The Kier molecular flexibility index (Phi) is 6.64. The SMILES string of the molecule is CCC(CC)C(C)NS(=O)(=O)c1cnn(CCNC)c1. The summed E-state index contributed by atoms with van der Waals surface area (Å²) in [4.78, 5) is 0.228. The van der Waals surface area contributed by atoms with Crippen LogP contribution in [-0.4, -0.2) is 37.8 Å². The predicted molar refractivity (Wildman–Crippen MR) is 80.0 cm³/mol. The maximum absolute atomic E-state index is 12.3. The molecule has 0 radical (unpaired) electrons. The molecule has 0 aliphatic carbocycles. The van der Waals surface area contributed by atoms with Crippen molar-refractivity contribution in [1.82, 2.24) is 19.8 Å². The first-order valence-electron chi connectivity index (χ1n) is 7.14. The van der Waals surface area contributed by atoms with Gasteiger partial charge in [-0.25, -0.2) is 13.1 Å². The lowest BCUT2D eigenvalue weighted by atomic mass is 9.96. The zero-order valence-corrected chi connectivity index (χ0v) is 13.6. The van der Waals surface area contributed by atoms with Crippen LogP contribution in [0.25, 0.3) is 0 Å². The smallest absolute Gasteiger partial charge is 0.243 e. The van der Waals surface area contributed by atoms with Crippen molar-refractivity contribution in [3.63, 3.8) is 0 Å². The minimum Gasteiger partial charge on any atom is -0.318 e. The lowest BCUT2D eigenvalue weighted by Crippen LogP contribution is -2.37. The van der Waals surface area contributed by atoms with Gasteiger partial charge in [0.2, 0.25) is 10.0 Å². The predicted octanol–water partition coefficient (Wildman–Crippen LogP) is 1.21. The summed E-state index contributed by atoms with van der Waals surface area (Å²) >= 11 is 0. The average molecular weight is 302 g/mol. The number of hydrogen-bond acceptors (Lipinski definition) is 4. The number of nitrogens with zero attached hydrogens (tertiary/aromatic N) is 2.